The summed E-state index contributed by atoms with van der Waals surface area (Å²) in [5.41, 5.74) is 9.73. The molecule has 0 radical (unpaired) electrons. The molecule has 0 aliphatic carbocycles. The van der Waals surface area contributed by atoms with E-state index in [0.29, 0.717) is 0 Å². The lowest BCUT2D eigenvalue weighted by Crippen LogP contribution is -2.74. The van der Waals surface area contributed by atoms with Crippen molar-refractivity contribution in [3.05, 3.63) is 225 Å². The Bertz CT molecular complexity index is 3820. The van der Waals surface area contributed by atoms with Crippen LogP contribution in [0.4, 0.5) is 0 Å². The molecule has 0 amide bonds. The number of nitrogens with zero attached hydrogens (tertiary/aromatic N) is 3. The van der Waals surface area contributed by atoms with Crippen molar-refractivity contribution in [2.45, 2.75) is 0 Å². The number of para-hydroxylation sites is 4. The third-order valence-electron chi connectivity index (χ3n) is 13.7. The van der Waals surface area contributed by atoms with Crippen LogP contribution in [0, 0.1) is 0 Å². The van der Waals surface area contributed by atoms with E-state index in [1.165, 1.54) is 62.7 Å². The molecule has 14 rings (SSSR count). The Morgan fingerprint density at radius 3 is 1.65 bits per heavy atom. The Kier molecular flexibility index (Phi) is 7.84. The van der Waals surface area contributed by atoms with Crippen LogP contribution < -0.4 is 20.7 Å². The highest BCUT2D eigenvalue weighted by atomic mass is 32.1. The molecule has 0 saturated heterocycles. The molecule has 0 atom stereocenters. The average molecular weight is 864 g/mol. The Labute approximate surface area is 378 Å². The number of hydrogen-bond donors (Lipinski definition) is 0. The lowest BCUT2D eigenvalue weighted by atomic mass is 10.1. The fourth-order valence-corrected chi connectivity index (χ4v) is 17.7. The van der Waals surface area contributed by atoms with Crippen molar-refractivity contribution in [3.8, 4) is 11.4 Å². The van der Waals surface area contributed by atoms with Gasteiger partial charge in [0.15, 0.2) is 8.07 Å². The molecule has 14 aromatic rings. The zero-order chi connectivity index (χ0) is 42.6. The highest BCUT2D eigenvalue weighted by molar-refractivity contribution is 7.31. The molecule has 9 aromatic carbocycles. The molecule has 6 heteroatoms. The van der Waals surface area contributed by atoms with Gasteiger partial charge in [-0.05, 0) is 87.5 Å². The highest BCUT2D eigenvalue weighted by Crippen LogP contribution is 2.39. The van der Waals surface area contributed by atoms with Crippen LogP contribution in [0.15, 0.2) is 229 Å². The smallest absolute Gasteiger partial charge is 0.185 e. The number of hydrogen-bond acceptors (Lipinski definition) is 3. The number of furan rings is 1. The Balaban J connectivity index is 1.04. The first-order chi connectivity index (χ1) is 32.3. The van der Waals surface area contributed by atoms with Crippen LogP contribution in [0.1, 0.15) is 0 Å². The lowest BCUT2D eigenvalue weighted by molar-refractivity contribution is 0.671. The minimum Gasteiger partial charge on any atom is -0.456 e. The summed E-state index contributed by atoms with van der Waals surface area (Å²) in [6, 6.07) is 80.3. The summed E-state index contributed by atoms with van der Waals surface area (Å²) in [6.45, 7) is 0. The first-order valence-electron chi connectivity index (χ1n) is 22.1. The molecule has 5 aromatic heterocycles. The van der Waals surface area contributed by atoms with Crippen LogP contribution in [-0.4, -0.2) is 22.2 Å². The summed E-state index contributed by atoms with van der Waals surface area (Å²) in [5.74, 6) is 0. The molecule has 304 valence electrons. The van der Waals surface area contributed by atoms with E-state index >= 15 is 0 Å². The highest BCUT2D eigenvalue weighted by Gasteiger charge is 2.45. The van der Waals surface area contributed by atoms with E-state index in [2.05, 4.69) is 221 Å². The van der Waals surface area contributed by atoms with Gasteiger partial charge in [-0.1, -0.05) is 152 Å². The van der Waals surface area contributed by atoms with Gasteiger partial charge < -0.3 is 13.6 Å². The zero-order valence-corrected chi connectivity index (χ0v) is 36.8. The quantitative estimate of drug-likeness (QED) is 0.123. The van der Waals surface area contributed by atoms with Gasteiger partial charge in [-0.25, -0.2) is 0 Å². The molecular formula is C59H37N3OSSi. The van der Waals surface area contributed by atoms with E-state index < -0.39 is 8.07 Å². The minimum absolute atomic E-state index is 0.883. The largest absolute Gasteiger partial charge is 0.456 e. The second-order valence-electron chi connectivity index (χ2n) is 17.0. The summed E-state index contributed by atoms with van der Waals surface area (Å²) in [4.78, 5) is 4.83. The van der Waals surface area contributed by atoms with Crippen LogP contribution in [0.5, 0.6) is 0 Å². The summed E-state index contributed by atoms with van der Waals surface area (Å²) in [7, 11) is -3.14. The molecule has 0 fully saturated rings. The van der Waals surface area contributed by atoms with Gasteiger partial charge in [-0.3, -0.25) is 4.98 Å². The fourth-order valence-electron chi connectivity index (χ4n) is 11.0. The maximum absolute atomic E-state index is 7.22. The van der Waals surface area contributed by atoms with Crippen LogP contribution in [0.2, 0.25) is 0 Å². The summed E-state index contributed by atoms with van der Waals surface area (Å²) < 4.78 is 14.6. The van der Waals surface area contributed by atoms with E-state index in [-0.39, 0.29) is 0 Å². The van der Waals surface area contributed by atoms with Gasteiger partial charge in [-0.15, -0.1) is 11.3 Å². The standard InChI is InChI=1S/C59H37N3OSSi/c1-3-16-40(17-4-1)65(41-18-5-2-6-19-41,55-29-13-23-44-47-36-38(31-33-53(47)63-58(44)55)61-49-25-10-7-20-42(49)43-21-8-11-26-50(43)61)56-30-14-24-45-48-37-39(32-34-54(48)64-59(45)56)62-51-27-12-9-22-46(51)57-52(62)28-15-35-60-57/h1-37H. The van der Waals surface area contributed by atoms with Crippen molar-refractivity contribution in [2.75, 3.05) is 0 Å². The van der Waals surface area contributed by atoms with Gasteiger partial charge in [0.25, 0.3) is 0 Å². The molecule has 4 nitrogen and oxygen atoms in total. The van der Waals surface area contributed by atoms with Crippen LogP contribution >= 0.6 is 11.3 Å². The number of rotatable bonds is 6. The van der Waals surface area contributed by atoms with Crippen LogP contribution in [0.25, 0.3) is 97.2 Å². The van der Waals surface area contributed by atoms with Crippen molar-refractivity contribution in [1.29, 1.82) is 0 Å². The number of thiophene rings is 1. The maximum Gasteiger partial charge on any atom is 0.185 e. The van der Waals surface area contributed by atoms with Crippen molar-refractivity contribution in [2.24, 2.45) is 0 Å². The average Bonchev–Trinajstić information content (AvgIpc) is 4.13. The molecule has 0 spiro atoms. The van der Waals surface area contributed by atoms with Gasteiger partial charge in [0.2, 0.25) is 0 Å². The van der Waals surface area contributed by atoms with Crippen molar-refractivity contribution in [3.63, 3.8) is 0 Å². The number of benzene rings is 9. The molecule has 5 heterocycles. The molecule has 0 unspecified atom stereocenters. The normalized spacial score (nSPS) is 12.3. The monoisotopic (exact) mass is 863 g/mol. The van der Waals surface area contributed by atoms with Crippen molar-refractivity contribution < 1.29 is 4.42 Å². The van der Waals surface area contributed by atoms with Crippen molar-refractivity contribution in [1.82, 2.24) is 14.1 Å². The van der Waals surface area contributed by atoms with Crippen LogP contribution in [-0.2, 0) is 0 Å². The Hall–Kier alpha value is -8.03. The first kappa shape index (κ1) is 36.5. The third kappa shape index (κ3) is 5.15. The summed E-state index contributed by atoms with van der Waals surface area (Å²) in [6.07, 6.45) is 1.89. The van der Waals surface area contributed by atoms with E-state index in [4.69, 9.17) is 9.40 Å². The second kappa shape index (κ2) is 14.0. The van der Waals surface area contributed by atoms with E-state index in [1.807, 2.05) is 23.6 Å². The number of aromatic nitrogens is 3. The molecule has 0 bridgehead atoms. The third-order valence-corrected chi connectivity index (χ3v) is 19.9. The predicted molar refractivity (Wildman–Crippen MR) is 277 cm³/mol. The minimum atomic E-state index is -3.14. The van der Waals surface area contributed by atoms with E-state index in [1.54, 1.807) is 0 Å². The van der Waals surface area contributed by atoms with E-state index in [0.717, 1.165) is 55.2 Å². The molecule has 0 N–H and O–H groups in total. The summed E-state index contributed by atoms with van der Waals surface area (Å²) >= 11 is 1.90. The topological polar surface area (TPSA) is 35.9 Å². The SMILES string of the molecule is c1ccc([Si](c2ccccc2)(c2cccc3c2oc2ccc(-n4c5ccccc5c5ccccc54)cc23)c2cccc3c2sc2ccc(-n4c5ccccc5c5ncccc54)cc23)cc1. The first-order valence-corrected chi connectivity index (χ1v) is 24.9. The number of fused-ring (bicyclic) bond motifs is 12. The molecule has 0 aliphatic heterocycles. The van der Waals surface area contributed by atoms with Gasteiger partial charge in [0.05, 0.1) is 27.6 Å². The molecule has 0 aliphatic rings. The fraction of sp³-hybridized carbons (Fsp3) is 0. The van der Waals surface area contributed by atoms with Gasteiger partial charge in [-0.2, -0.15) is 0 Å². The molecular weight excluding hydrogens is 827 g/mol. The maximum atomic E-state index is 7.22. The predicted octanol–water partition coefficient (Wildman–Crippen LogP) is 12.9. The van der Waals surface area contributed by atoms with Crippen LogP contribution in [0.3, 0.4) is 0 Å². The van der Waals surface area contributed by atoms with Gasteiger partial charge >= 0.3 is 0 Å². The van der Waals surface area contributed by atoms with Crippen molar-refractivity contribution >= 4 is 126 Å². The Morgan fingerprint density at radius 1 is 0.400 bits per heavy atom. The molecule has 0 saturated carbocycles. The number of pyridine rings is 1. The van der Waals surface area contributed by atoms with Gasteiger partial charge in [0.1, 0.15) is 11.2 Å². The summed E-state index contributed by atoms with van der Waals surface area (Å²) in [5, 5.41) is 13.6. The Morgan fingerprint density at radius 2 is 0.938 bits per heavy atom. The molecule has 65 heavy (non-hydrogen) atoms. The lowest BCUT2D eigenvalue weighted by Gasteiger charge is -2.34. The van der Waals surface area contributed by atoms with Gasteiger partial charge in [0, 0.05) is 64.7 Å². The second-order valence-corrected chi connectivity index (χ2v) is 21.8. The van der Waals surface area contributed by atoms with E-state index in [9.17, 15) is 0 Å². The zero-order valence-electron chi connectivity index (χ0n) is 35.0.